The standard InChI is InChI=1S/C21H30O2Si2/c1-16-20(23)19(22)15-25(24(2,3)4,18-13-9-6-10-14-18)21(16)17-11-7-5-8-12-17/h5-14,16,19-23H,15H2,1-4H3/t16-,19+,20-,21-,25+/m0/s1. The molecule has 1 fully saturated rings. The summed E-state index contributed by atoms with van der Waals surface area (Å²) < 4.78 is 0. The molecule has 3 rings (SSSR count). The maximum absolute atomic E-state index is 10.8. The molecule has 4 heteroatoms. The third-order valence-electron chi connectivity index (χ3n) is 6.31. The molecular formula is C21H30O2Si2. The molecule has 1 heterocycles. The van der Waals surface area contributed by atoms with Gasteiger partial charge in [-0.1, -0.05) is 92.4 Å². The Morgan fingerprint density at radius 3 is 1.92 bits per heavy atom. The van der Waals surface area contributed by atoms with Gasteiger partial charge < -0.3 is 10.2 Å². The van der Waals surface area contributed by atoms with Gasteiger partial charge in [0.15, 0.2) is 0 Å². The van der Waals surface area contributed by atoms with Crippen molar-refractivity contribution in [1.29, 1.82) is 0 Å². The summed E-state index contributed by atoms with van der Waals surface area (Å²) in [6.45, 7) is 9.51. The number of hydrogen-bond donors (Lipinski definition) is 2. The molecule has 0 spiro atoms. The van der Waals surface area contributed by atoms with E-state index in [1.165, 1.54) is 10.8 Å². The normalized spacial score (nSPS) is 33.2. The van der Waals surface area contributed by atoms with Crippen LogP contribution in [0.15, 0.2) is 60.7 Å². The lowest BCUT2D eigenvalue weighted by molar-refractivity contribution is -0.0126. The average molecular weight is 371 g/mol. The van der Waals surface area contributed by atoms with Crippen molar-refractivity contribution in [3.05, 3.63) is 66.2 Å². The smallest absolute Gasteiger partial charge is 0.0897 e. The van der Waals surface area contributed by atoms with Gasteiger partial charge in [0.25, 0.3) is 0 Å². The summed E-state index contributed by atoms with van der Waals surface area (Å²) >= 11 is 0. The van der Waals surface area contributed by atoms with Gasteiger partial charge >= 0.3 is 0 Å². The van der Waals surface area contributed by atoms with E-state index in [4.69, 9.17) is 0 Å². The molecule has 0 aliphatic carbocycles. The van der Waals surface area contributed by atoms with Gasteiger partial charge in [-0.05, 0) is 23.1 Å². The molecule has 0 saturated carbocycles. The second-order valence-corrected chi connectivity index (χ2v) is 23.8. The molecule has 0 aromatic heterocycles. The fourth-order valence-electron chi connectivity index (χ4n) is 5.06. The molecule has 0 bridgehead atoms. The number of aliphatic hydroxyl groups excluding tert-OH is 2. The lowest BCUT2D eigenvalue weighted by atomic mass is 9.91. The fourth-order valence-corrected chi connectivity index (χ4v) is 21.5. The first-order valence-electron chi connectivity index (χ1n) is 9.25. The molecule has 0 amide bonds. The predicted octanol–water partition coefficient (Wildman–Crippen LogP) is 3.45. The zero-order valence-electron chi connectivity index (χ0n) is 15.7. The number of rotatable bonds is 3. The van der Waals surface area contributed by atoms with Crippen LogP contribution in [0.2, 0.25) is 25.7 Å². The molecule has 134 valence electrons. The van der Waals surface area contributed by atoms with Crippen LogP contribution in [0.3, 0.4) is 0 Å². The Kier molecular flexibility index (Phi) is 5.08. The topological polar surface area (TPSA) is 40.5 Å². The zero-order chi connectivity index (χ0) is 18.2. The van der Waals surface area contributed by atoms with Crippen molar-refractivity contribution in [2.24, 2.45) is 5.92 Å². The molecule has 2 N–H and O–H groups in total. The Balaban J connectivity index is 2.28. The second-order valence-electron chi connectivity index (χ2n) is 8.60. The first-order valence-corrected chi connectivity index (χ1v) is 16.0. The quantitative estimate of drug-likeness (QED) is 0.813. The number of aliphatic hydroxyl groups is 2. The van der Waals surface area contributed by atoms with Crippen LogP contribution < -0.4 is 5.19 Å². The van der Waals surface area contributed by atoms with Crippen LogP contribution in [0.5, 0.6) is 0 Å². The van der Waals surface area contributed by atoms with E-state index in [1.807, 2.05) is 0 Å². The molecule has 0 unspecified atom stereocenters. The molecule has 5 atom stereocenters. The van der Waals surface area contributed by atoms with E-state index in [-0.39, 0.29) is 5.92 Å². The van der Waals surface area contributed by atoms with Gasteiger partial charge in [-0.3, -0.25) is 0 Å². The summed E-state index contributed by atoms with van der Waals surface area (Å²) in [6, 6.07) is 22.4. The largest absolute Gasteiger partial charge is 0.391 e. The highest BCUT2D eigenvalue weighted by atomic mass is 29.3. The Labute approximate surface area is 153 Å². The van der Waals surface area contributed by atoms with Gasteiger partial charge in [0, 0.05) is 7.59 Å². The summed E-state index contributed by atoms with van der Waals surface area (Å²) in [5.41, 5.74) is 1.67. The van der Waals surface area contributed by atoms with E-state index < -0.39 is 27.4 Å². The minimum absolute atomic E-state index is 0.0600. The molecule has 1 aliphatic heterocycles. The average Bonchev–Trinajstić information content (AvgIpc) is 2.60. The first-order chi connectivity index (χ1) is 11.8. The first kappa shape index (κ1) is 18.6. The van der Waals surface area contributed by atoms with Crippen molar-refractivity contribution in [3.8, 4) is 0 Å². The minimum Gasteiger partial charge on any atom is -0.391 e. The lowest BCUT2D eigenvalue weighted by Gasteiger charge is -2.56. The van der Waals surface area contributed by atoms with E-state index in [1.54, 1.807) is 0 Å². The Bertz CT molecular complexity index is 699. The van der Waals surface area contributed by atoms with E-state index >= 15 is 0 Å². The Morgan fingerprint density at radius 1 is 0.880 bits per heavy atom. The molecule has 2 aromatic carbocycles. The highest BCUT2D eigenvalue weighted by molar-refractivity contribution is 7.46. The van der Waals surface area contributed by atoms with Crippen LogP contribution in [0.1, 0.15) is 18.0 Å². The summed E-state index contributed by atoms with van der Waals surface area (Å²) in [5, 5.41) is 22.9. The molecule has 25 heavy (non-hydrogen) atoms. The van der Waals surface area contributed by atoms with Crippen LogP contribution in [0, 0.1) is 5.92 Å². The SMILES string of the molecule is C[C@H]1[C@H](O)[C@H](O)C[Si@](c2ccccc2)([Si](C)(C)C)[C@@H]1c1ccccc1. The number of benzene rings is 2. The van der Waals surface area contributed by atoms with Crippen molar-refractivity contribution in [3.63, 3.8) is 0 Å². The molecule has 1 aliphatic rings. The van der Waals surface area contributed by atoms with Gasteiger partial charge in [0.1, 0.15) is 0 Å². The van der Waals surface area contributed by atoms with Gasteiger partial charge in [-0.25, -0.2) is 0 Å². The van der Waals surface area contributed by atoms with E-state index in [0.29, 0.717) is 5.54 Å². The Morgan fingerprint density at radius 2 is 1.40 bits per heavy atom. The van der Waals surface area contributed by atoms with Crippen molar-refractivity contribution in [1.82, 2.24) is 0 Å². The van der Waals surface area contributed by atoms with E-state index in [0.717, 1.165) is 6.04 Å². The van der Waals surface area contributed by atoms with Crippen LogP contribution >= 0.6 is 0 Å². The second kappa shape index (κ2) is 6.84. The highest BCUT2D eigenvalue weighted by Gasteiger charge is 2.59. The molecule has 0 radical (unpaired) electrons. The minimum atomic E-state index is -2.07. The van der Waals surface area contributed by atoms with Crippen molar-refractivity contribution in [2.75, 3.05) is 0 Å². The van der Waals surface area contributed by atoms with Gasteiger partial charge in [0.05, 0.1) is 19.8 Å². The van der Waals surface area contributed by atoms with Crippen LogP contribution in [0.25, 0.3) is 0 Å². The third kappa shape index (κ3) is 3.06. The fraction of sp³-hybridized carbons (Fsp3) is 0.429. The van der Waals surface area contributed by atoms with Crippen molar-refractivity contribution in [2.45, 2.75) is 50.4 Å². The van der Waals surface area contributed by atoms with Gasteiger partial charge in [-0.15, -0.1) is 0 Å². The maximum atomic E-state index is 10.8. The molecular weight excluding hydrogens is 340 g/mol. The number of hydrogen-bond acceptors (Lipinski definition) is 2. The van der Waals surface area contributed by atoms with Crippen LogP contribution in [-0.2, 0) is 0 Å². The van der Waals surface area contributed by atoms with Gasteiger partial charge in [-0.2, -0.15) is 0 Å². The maximum Gasteiger partial charge on any atom is 0.0897 e. The van der Waals surface area contributed by atoms with E-state index in [2.05, 4.69) is 87.2 Å². The summed E-state index contributed by atoms with van der Waals surface area (Å²) in [7, 11) is -3.71. The monoisotopic (exact) mass is 370 g/mol. The summed E-state index contributed by atoms with van der Waals surface area (Å²) in [4.78, 5) is 0. The summed E-state index contributed by atoms with van der Waals surface area (Å²) in [5.74, 6) is 0.0600. The summed E-state index contributed by atoms with van der Waals surface area (Å²) in [6.07, 6.45) is -1.26. The van der Waals surface area contributed by atoms with Crippen molar-refractivity contribution >= 4 is 20.4 Å². The Hall–Kier alpha value is -1.21. The van der Waals surface area contributed by atoms with Gasteiger partial charge in [0.2, 0.25) is 0 Å². The lowest BCUT2D eigenvalue weighted by Crippen LogP contribution is -2.75. The zero-order valence-corrected chi connectivity index (χ0v) is 17.7. The molecule has 2 nitrogen and oxygen atoms in total. The molecule has 2 aromatic rings. The predicted molar refractivity (Wildman–Crippen MR) is 110 cm³/mol. The van der Waals surface area contributed by atoms with E-state index in [9.17, 15) is 10.2 Å². The van der Waals surface area contributed by atoms with Crippen LogP contribution in [0.4, 0.5) is 0 Å². The highest BCUT2D eigenvalue weighted by Crippen LogP contribution is 2.47. The molecule has 1 saturated heterocycles. The van der Waals surface area contributed by atoms with Crippen molar-refractivity contribution < 1.29 is 10.2 Å². The third-order valence-corrected chi connectivity index (χ3v) is 23.8. The van der Waals surface area contributed by atoms with Crippen LogP contribution in [-0.4, -0.2) is 37.6 Å².